The molecule has 0 saturated heterocycles. The van der Waals surface area contributed by atoms with E-state index in [1.165, 1.54) is 0 Å². The minimum absolute atomic E-state index is 0.137. The van der Waals surface area contributed by atoms with E-state index in [4.69, 9.17) is 16.7 Å². The number of aromatic nitrogens is 4. The zero-order valence-electron chi connectivity index (χ0n) is 14.4. The number of rotatable bonds is 2. The topological polar surface area (TPSA) is 72.7 Å². The van der Waals surface area contributed by atoms with Gasteiger partial charge in [0.05, 0.1) is 0 Å². The molecule has 27 heavy (non-hydrogen) atoms. The second kappa shape index (κ2) is 6.32. The number of hydrogen-bond donors (Lipinski definition) is 1. The highest BCUT2D eigenvalue weighted by Crippen LogP contribution is 2.42. The number of allylic oxidation sites excluding steroid dienone is 2. The van der Waals surface area contributed by atoms with Crippen molar-refractivity contribution in [2.75, 3.05) is 5.32 Å². The molecule has 3 heterocycles. The normalized spacial score (nSPS) is 18.7. The monoisotopic (exact) mass is 377 g/mol. The van der Waals surface area contributed by atoms with E-state index in [9.17, 15) is 4.79 Å². The van der Waals surface area contributed by atoms with Crippen LogP contribution in [0, 0.1) is 0 Å². The molecule has 0 fully saturated rings. The molecule has 1 aliphatic carbocycles. The molecule has 5 rings (SSSR count). The fraction of sp³-hybridized carbons (Fsp3) is 0.200. The van der Waals surface area contributed by atoms with Crippen LogP contribution in [0.2, 0.25) is 5.02 Å². The molecule has 0 saturated carbocycles. The highest BCUT2D eigenvalue weighted by atomic mass is 35.5. The van der Waals surface area contributed by atoms with Crippen LogP contribution in [0.15, 0.2) is 60.1 Å². The van der Waals surface area contributed by atoms with E-state index in [0.29, 0.717) is 23.2 Å². The quantitative estimate of drug-likeness (QED) is 0.730. The summed E-state index contributed by atoms with van der Waals surface area (Å²) in [5, 5.41) is 8.64. The molecular weight excluding hydrogens is 362 g/mol. The molecule has 3 aromatic rings. The summed E-state index contributed by atoms with van der Waals surface area (Å²) in [6.07, 6.45) is 5.63. The van der Waals surface area contributed by atoms with E-state index in [1.54, 1.807) is 17.1 Å². The van der Waals surface area contributed by atoms with Crippen LogP contribution in [0.4, 0.5) is 5.95 Å². The number of nitrogens with zero attached hydrogens (tertiary/aromatic N) is 4. The van der Waals surface area contributed by atoms with Gasteiger partial charge in [-0.25, -0.2) is 4.68 Å². The predicted molar refractivity (Wildman–Crippen MR) is 102 cm³/mol. The first-order chi connectivity index (χ1) is 13.2. The maximum Gasteiger partial charge on any atom is 0.226 e. The molecule has 6 nitrogen and oxygen atoms in total. The van der Waals surface area contributed by atoms with Crippen molar-refractivity contribution in [3.05, 3.63) is 70.6 Å². The van der Waals surface area contributed by atoms with Gasteiger partial charge in [-0.1, -0.05) is 29.8 Å². The summed E-state index contributed by atoms with van der Waals surface area (Å²) < 4.78 is 1.77. The van der Waals surface area contributed by atoms with Crippen molar-refractivity contribution < 1.29 is 4.79 Å². The van der Waals surface area contributed by atoms with Gasteiger partial charge in [0, 0.05) is 46.2 Å². The van der Waals surface area contributed by atoms with Crippen LogP contribution in [0.3, 0.4) is 0 Å². The van der Waals surface area contributed by atoms with Gasteiger partial charge in [0.15, 0.2) is 11.6 Å². The summed E-state index contributed by atoms with van der Waals surface area (Å²) in [5.74, 6) is 1.32. The number of hydrogen-bond acceptors (Lipinski definition) is 5. The largest absolute Gasteiger partial charge is 0.328 e. The van der Waals surface area contributed by atoms with E-state index >= 15 is 0 Å². The lowest BCUT2D eigenvalue weighted by molar-refractivity contribution is -0.116. The van der Waals surface area contributed by atoms with E-state index in [2.05, 4.69) is 15.3 Å². The summed E-state index contributed by atoms with van der Waals surface area (Å²) in [5.41, 5.74) is 3.34. The summed E-state index contributed by atoms with van der Waals surface area (Å²) in [4.78, 5) is 21.6. The maximum atomic E-state index is 12.8. The Morgan fingerprint density at radius 3 is 2.85 bits per heavy atom. The molecule has 1 unspecified atom stereocenters. The number of Topliss-reactive ketones (excluding diaryl/α,β-unsaturated/α-hetero) is 1. The van der Waals surface area contributed by atoms with Crippen LogP contribution in [-0.2, 0) is 4.79 Å². The number of carbonyl (C=O) groups excluding carboxylic acids is 1. The number of nitrogens with one attached hydrogen (secondary N) is 1. The number of pyridine rings is 1. The minimum atomic E-state index is -0.379. The molecule has 0 spiro atoms. The van der Waals surface area contributed by atoms with Gasteiger partial charge in [-0.05, 0) is 31.0 Å². The lowest BCUT2D eigenvalue weighted by atomic mass is 9.85. The van der Waals surface area contributed by atoms with Gasteiger partial charge in [-0.3, -0.25) is 9.78 Å². The highest BCUT2D eigenvalue weighted by Gasteiger charge is 2.37. The maximum absolute atomic E-state index is 12.8. The summed E-state index contributed by atoms with van der Waals surface area (Å²) in [7, 11) is 0. The van der Waals surface area contributed by atoms with Crippen LogP contribution in [-0.4, -0.2) is 25.5 Å². The van der Waals surface area contributed by atoms with Gasteiger partial charge in [0.2, 0.25) is 5.95 Å². The van der Waals surface area contributed by atoms with Crippen LogP contribution in [0.25, 0.3) is 11.4 Å². The zero-order chi connectivity index (χ0) is 18.4. The van der Waals surface area contributed by atoms with Gasteiger partial charge < -0.3 is 5.32 Å². The number of halogens is 1. The Hall–Kier alpha value is -2.99. The van der Waals surface area contributed by atoms with Crippen LogP contribution < -0.4 is 5.32 Å². The Labute approximate surface area is 160 Å². The summed E-state index contributed by atoms with van der Waals surface area (Å²) >= 11 is 6.50. The van der Waals surface area contributed by atoms with E-state index in [1.807, 2.05) is 36.4 Å². The van der Waals surface area contributed by atoms with Crippen molar-refractivity contribution in [1.29, 1.82) is 0 Å². The summed E-state index contributed by atoms with van der Waals surface area (Å²) in [6.45, 7) is 0. The first-order valence-corrected chi connectivity index (χ1v) is 9.25. The van der Waals surface area contributed by atoms with Crippen molar-refractivity contribution in [3.63, 3.8) is 0 Å². The first kappa shape index (κ1) is 16.2. The molecule has 2 aliphatic rings. The van der Waals surface area contributed by atoms with Crippen molar-refractivity contribution in [2.45, 2.75) is 25.3 Å². The standard InChI is InChI=1S/C20H16ClN5O/c21-14-7-2-1-6-13(14)18-17-15(8-3-9-16(17)27)23-20-24-19(25-26(18)20)12-5-4-10-22-11-12/h1-2,4-7,10-11,18H,3,8-9H2,(H,23,24,25). The molecule has 1 atom stereocenters. The van der Waals surface area contributed by atoms with E-state index in [-0.39, 0.29) is 11.8 Å². The molecule has 1 aliphatic heterocycles. The number of fused-ring (bicyclic) bond motifs is 1. The molecule has 1 aromatic carbocycles. The Balaban J connectivity index is 1.71. The Bertz CT molecular complexity index is 1070. The predicted octanol–water partition coefficient (Wildman–Crippen LogP) is 4.02. The summed E-state index contributed by atoms with van der Waals surface area (Å²) in [6, 6.07) is 11.0. The van der Waals surface area contributed by atoms with Gasteiger partial charge in [-0.15, -0.1) is 5.10 Å². The van der Waals surface area contributed by atoms with E-state index < -0.39 is 0 Å². The van der Waals surface area contributed by atoms with Crippen molar-refractivity contribution in [1.82, 2.24) is 19.7 Å². The van der Waals surface area contributed by atoms with Gasteiger partial charge in [0.25, 0.3) is 0 Å². The SMILES string of the molecule is O=C1CCCC2=C1C(c1ccccc1Cl)n1nc(-c3cccnc3)nc1N2. The second-order valence-corrected chi connectivity index (χ2v) is 7.07. The van der Waals surface area contributed by atoms with Crippen LogP contribution in [0.5, 0.6) is 0 Å². The average molecular weight is 378 g/mol. The number of benzene rings is 1. The number of ketones is 1. The zero-order valence-corrected chi connectivity index (χ0v) is 15.1. The molecule has 0 bridgehead atoms. The Morgan fingerprint density at radius 2 is 2.04 bits per heavy atom. The molecule has 0 radical (unpaired) electrons. The van der Waals surface area contributed by atoms with Crippen molar-refractivity contribution in [3.8, 4) is 11.4 Å². The molecule has 1 N–H and O–H groups in total. The fourth-order valence-electron chi connectivity index (χ4n) is 3.76. The molecule has 7 heteroatoms. The second-order valence-electron chi connectivity index (χ2n) is 6.66. The highest BCUT2D eigenvalue weighted by molar-refractivity contribution is 6.31. The van der Waals surface area contributed by atoms with Crippen molar-refractivity contribution in [2.24, 2.45) is 0 Å². The lowest BCUT2D eigenvalue weighted by Gasteiger charge is -2.32. The van der Waals surface area contributed by atoms with Gasteiger partial charge in [0.1, 0.15) is 6.04 Å². The van der Waals surface area contributed by atoms with E-state index in [0.717, 1.165) is 35.2 Å². The van der Waals surface area contributed by atoms with Crippen molar-refractivity contribution >= 4 is 23.3 Å². The Kier molecular flexibility index (Phi) is 3.79. The van der Waals surface area contributed by atoms with Crippen LogP contribution in [0.1, 0.15) is 30.9 Å². The molecular formula is C20H16ClN5O. The third kappa shape index (κ3) is 2.64. The lowest BCUT2D eigenvalue weighted by Crippen LogP contribution is -2.31. The Morgan fingerprint density at radius 1 is 1.15 bits per heavy atom. The third-order valence-corrected chi connectivity index (χ3v) is 5.33. The molecule has 134 valence electrons. The van der Waals surface area contributed by atoms with Crippen LogP contribution >= 0.6 is 11.6 Å². The average Bonchev–Trinajstić information content (AvgIpc) is 3.12. The number of anilines is 1. The molecule has 0 amide bonds. The minimum Gasteiger partial charge on any atom is -0.328 e. The smallest absolute Gasteiger partial charge is 0.226 e. The third-order valence-electron chi connectivity index (χ3n) is 4.99. The molecule has 2 aromatic heterocycles. The first-order valence-electron chi connectivity index (χ1n) is 8.87. The number of carbonyl (C=O) groups is 1. The van der Waals surface area contributed by atoms with Gasteiger partial charge in [-0.2, -0.15) is 4.98 Å². The fourth-order valence-corrected chi connectivity index (χ4v) is 4.00. The van der Waals surface area contributed by atoms with Gasteiger partial charge >= 0.3 is 0 Å².